The van der Waals surface area contributed by atoms with Gasteiger partial charge in [0.05, 0.1) is 21.9 Å². The highest BCUT2D eigenvalue weighted by atomic mass is 35.5. The monoisotopic (exact) mass is 574 g/mol. The molecule has 4 aromatic rings. The van der Waals surface area contributed by atoms with Crippen molar-refractivity contribution in [2.45, 2.75) is 30.2 Å². The summed E-state index contributed by atoms with van der Waals surface area (Å²) >= 11 is 20.6. The minimum absolute atomic E-state index is 0.306. The molecule has 0 fully saturated rings. The lowest BCUT2D eigenvalue weighted by Gasteiger charge is -2.28. The summed E-state index contributed by atoms with van der Waals surface area (Å²) in [7, 11) is 0. The highest BCUT2D eigenvalue weighted by molar-refractivity contribution is 7.98. The molecular weight excluding hydrogens is 554 g/mol. The van der Waals surface area contributed by atoms with Crippen molar-refractivity contribution in [3.63, 3.8) is 0 Å². The van der Waals surface area contributed by atoms with Crippen LogP contribution in [-0.2, 0) is 11.2 Å². The first-order valence-electron chi connectivity index (χ1n) is 11.3. The molecule has 190 valence electrons. The highest BCUT2D eigenvalue weighted by Gasteiger charge is 2.30. The molecule has 3 N–H and O–H groups in total. The largest absolute Gasteiger partial charge is 0.291 e. The zero-order valence-corrected chi connectivity index (χ0v) is 22.9. The second kappa shape index (κ2) is 10.6. The molecule has 0 unspecified atom stereocenters. The van der Waals surface area contributed by atoms with Gasteiger partial charge in [-0.3, -0.25) is 9.99 Å². The Morgan fingerprint density at radius 1 is 0.946 bits per heavy atom. The van der Waals surface area contributed by atoms with Crippen molar-refractivity contribution < 1.29 is 4.39 Å². The number of thioether (sulfide) groups is 1. The normalized spacial score (nSPS) is 13.3. The van der Waals surface area contributed by atoms with E-state index < -0.39 is 5.41 Å². The molecule has 0 amide bonds. The van der Waals surface area contributed by atoms with Gasteiger partial charge in [0.1, 0.15) is 5.82 Å². The summed E-state index contributed by atoms with van der Waals surface area (Å²) in [6.45, 7) is 4.19. The van der Waals surface area contributed by atoms with Gasteiger partial charge in [-0.25, -0.2) is 14.9 Å². The average molecular weight is 576 g/mol. The summed E-state index contributed by atoms with van der Waals surface area (Å²) in [4.78, 5) is 4.77. The number of rotatable bonds is 7. The van der Waals surface area contributed by atoms with Gasteiger partial charge < -0.3 is 0 Å². The Bertz CT molecular complexity index is 1490. The quantitative estimate of drug-likeness (QED) is 0.210. The molecule has 11 heteroatoms. The van der Waals surface area contributed by atoms with Crippen molar-refractivity contribution in [3.8, 4) is 5.69 Å². The number of benzene rings is 3. The molecule has 0 spiro atoms. The Morgan fingerprint density at radius 3 is 2.41 bits per heavy atom. The van der Waals surface area contributed by atoms with Crippen LogP contribution < -0.4 is 16.5 Å². The standard InChI is InChI=1S/C26H22Cl3FN6S/c1-26(2,17-4-10-21(28)22(29)12-17)23-13-31-25(36(23)19-7-5-18(30)6-8-19)37-14-16-11-15(3-9-20(16)27)24-32-34-35-33-24/h3-13,34-35H,14H2,1-2H3,(H,32,33). The fraction of sp³-hybridized carbons (Fsp3) is 0.154. The first kappa shape index (κ1) is 25.9. The summed E-state index contributed by atoms with van der Waals surface area (Å²) in [5, 5.41) is 6.52. The van der Waals surface area contributed by atoms with Crippen molar-refractivity contribution in [2.24, 2.45) is 5.10 Å². The van der Waals surface area contributed by atoms with Crippen LogP contribution in [-0.4, -0.2) is 15.4 Å². The van der Waals surface area contributed by atoms with E-state index in [1.54, 1.807) is 18.2 Å². The van der Waals surface area contributed by atoms with E-state index in [-0.39, 0.29) is 5.82 Å². The summed E-state index contributed by atoms with van der Waals surface area (Å²) in [5.74, 6) is 0.923. The van der Waals surface area contributed by atoms with Gasteiger partial charge in [-0.1, -0.05) is 66.5 Å². The first-order chi connectivity index (χ1) is 17.7. The summed E-state index contributed by atoms with van der Waals surface area (Å²) in [6.07, 6.45) is 1.85. The zero-order valence-electron chi connectivity index (χ0n) is 19.8. The topological polar surface area (TPSA) is 66.3 Å². The van der Waals surface area contributed by atoms with Gasteiger partial charge in [-0.2, -0.15) is 0 Å². The van der Waals surface area contributed by atoms with E-state index in [1.165, 1.54) is 23.9 Å². The van der Waals surface area contributed by atoms with Crippen molar-refractivity contribution in [2.75, 3.05) is 0 Å². The number of nitrogens with zero attached hydrogens (tertiary/aromatic N) is 3. The van der Waals surface area contributed by atoms with Crippen LogP contribution in [0.25, 0.3) is 5.69 Å². The van der Waals surface area contributed by atoms with E-state index in [2.05, 4.69) is 35.4 Å². The number of amidine groups is 1. The van der Waals surface area contributed by atoms with Crippen LogP contribution in [0, 0.1) is 5.82 Å². The van der Waals surface area contributed by atoms with Crippen LogP contribution in [0.1, 0.15) is 36.2 Å². The van der Waals surface area contributed by atoms with Crippen LogP contribution in [0.15, 0.2) is 77.1 Å². The molecule has 2 heterocycles. The van der Waals surface area contributed by atoms with Gasteiger partial charge in [-0.15, -0.1) is 10.6 Å². The maximum Gasteiger partial charge on any atom is 0.173 e. The van der Waals surface area contributed by atoms with Gasteiger partial charge in [0.25, 0.3) is 0 Å². The second-order valence-electron chi connectivity index (χ2n) is 8.91. The molecular formula is C26H22Cl3FN6S. The third-order valence-electron chi connectivity index (χ3n) is 6.18. The molecule has 6 nitrogen and oxygen atoms in total. The van der Waals surface area contributed by atoms with Gasteiger partial charge in [0.2, 0.25) is 0 Å². The average Bonchev–Trinajstić information content (AvgIpc) is 3.56. The molecule has 0 bridgehead atoms. The van der Waals surface area contributed by atoms with Gasteiger partial charge in [0, 0.05) is 27.4 Å². The van der Waals surface area contributed by atoms with E-state index in [1.807, 2.05) is 41.1 Å². The lowest BCUT2D eigenvalue weighted by Crippen LogP contribution is -2.35. The molecule has 0 atom stereocenters. The number of aromatic nitrogens is 2. The Balaban J connectivity index is 1.53. The van der Waals surface area contributed by atoms with Crippen LogP contribution >= 0.6 is 46.6 Å². The van der Waals surface area contributed by atoms with E-state index >= 15 is 0 Å². The minimum Gasteiger partial charge on any atom is -0.291 e. The van der Waals surface area contributed by atoms with Gasteiger partial charge in [0.15, 0.2) is 11.0 Å². The number of hydrogen-bond acceptors (Lipinski definition) is 6. The number of halogens is 4. The molecule has 1 aliphatic rings. The lowest BCUT2D eigenvalue weighted by molar-refractivity contribution is 0.577. The van der Waals surface area contributed by atoms with E-state index in [0.717, 1.165) is 33.2 Å². The molecule has 0 saturated heterocycles. The number of hydrogen-bond donors (Lipinski definition) is 3. The fourth-order valence-electron chi connectivity index (χ4n) is 4.06. The molecule has 1 aliphatic heterocycles. The smallest absolute Gasteiger partial charge is 0.173 e. The molecule has 0 aliphatic carbocycles. The molecule has 0 radical (unpaired) electrons. The Hall–Kier alpha value is -2.75. The SMILES string of the molecule is CC(C)(c1ccc(Cl)c(Cl)c1)c1cnc(SCc2cc(C3=NNNN3)ccc2Cl)n1-c1ccc(F)cc1. The molecule has 5 rings (SSSR count). The second-order valence-corrected chi connectivity index (χ2v) is 11.1. The van der Waals surface area contributed by atoms with Crippen molar-refractivity contribution >= 4 is 52.4 Å². The van der Waals surface area contributed by atoms with Gasteiger partial charge >= 0.3 is 0 Å². The molecule has 3 aromatic carbocycles. The van der Waals surface area contributed by atoms with Crippen LogP contribution in [0.2, 0.25) is 15.1 Å². The number of hydrazone groups is 1. The maximum absolute atomic E-state index is 13.8. The predicted octanol–water partition coefficient (Wildman–Crippen LogP) is 6.86. The van der Waals surface area contributed by atoms with Crippen molar-refractivity contribution in [3.05, 3.63) is 110 Å². The Kier molecular flexibility index (Phi) is 7.38. The Morgan fingerprint density at radius 2 is 1.70 bits per heavy atom. The van der Waals surface area contributed by atoms with Crippen LogP contribution in [0.4, 0.5) is 4.39 Å². The molecule has 37 heavy (non-hydrogen) atoms. The minimum atomic E-state index is -0.488. The Labute approximate surface area is 233 Å². The molecule has 1 aromatic heterocycles. The van der Waals surface area contributed by atoms with E-state index in [9.17, 15) is 4.39 Å². The third kappa shape index (κ3) is 5.30. The van der Waals surface area contributed by atoms with E-state index in [0.29, 0.717) is 26.7 Å². The number of nitrogens with one attached hydrogen (secondary N) is 3. The number of hydrazine groups is 2. The van der Waals surface area contributed by atoms with Crippen molar-refractivity contribution in [1.82, 2.24) is 26.0 Å². The van der Waals surface area contributed by atoms with Crippen LogP contribution in [0.5, 0.6) is 0 Å². The van der Waals surface area contributed by atoms with Crippen LogP contribution in [0.3, 0.4) is 0 Å². The number of imidazole rings is 1. The van der Waals surface area contributed by atoms with E-state index in [4.69, 9.17) is 39.8 Å². The zero-order chi connectivity index (χ0) is 26.2. The molecule has 0 saturated carbocycles. The van der Waals surface area contributed by atoms with Crippen molar-refractivity contribution in [1.29, 1.82) is 0 Å². The summed E-state index contributed by atoms with van der Waals surface area (Å²) < 4.78 is 15.8. The summed E-state index contributed by atoms with van der Waals surface area (Å²) in [6, 6.07) is 17.7. The van der Waals surface area contributed by atoms with Gasteiger partial charge in [-0.05, 0) is 65.7 Å². The maximum atomic E-state index is 13.8. The fourth-order valence-corrected chi connectivity index (χ4v) is 5.61. The predicted molar refractivity (Wildman–Crippen MR) is 149 cm³/mol. The third-order valence-corrected chi connectivity index (χ3v) is 8.29. The first-order valence-corrected chi connectivity index (χ1v) is 13.4. The summed E-state index contributed by atoms with van der Waals surface area (Å²) in [5.41, 5.74) is 12.4. The lowest BCUT2D eigenvalue weighted by atomic mass is 9.81. The highest BCUT2D eigenvalue weighted by Crippen LogP contribution is 2.39.